The van der Waals surface area contributed by atoms with Crippen LogP contribution in [0.15, 0.2) is 58.3 Å². The summed E-state index contributed by atoms with van der Waals surface area (Å²) in [5, 5.41) is 0. The zero-order chi connectivity index (χ0) is 17.0. The smallest absolute Gasteiger partial charge is 0.294 e. The number of benzene rings is 2. The predicted molar refractivity (Wildman–Crippen MR) is 87.0 cm³/mol. The Morgan fingerprint density at radius 2 is 0.826 bits per heavy atom. The van der Waals surface area contributed by atoms with Crippen molar-refractivity contribution in [3.63, 3.8) is 0 Å². The number of rotatable bonds is 2. The maximum absolute atomic E-state index is 10.5. The first kappa shape index (κ1) is 21.2. The molecule has 0 aliphatic heterocycles. The Bertz CT molecular complexity index is 752. The molecule has 5 N–H and O–H groups in total. The lowest BCUT2D eigenvalue weighted by Gasteiger charge is -1.95. The lowest BCUT2D eigenvalue weighted by Crippen LogP contribution is -1.96. The third kappa shape index (κ3) is 7.35. The summed E-state index contributed by atoms with van der Waals surface area (Å²) in [6.07, 6.45) is 0. The van der Waals surface area contributed by atoms with Gasteiger partial charge in [0.05, 0.1) is 9.79 Å². The highest BCUT2D eigenvalue weighted by Gasteiger charge is 2.07. The van der Waals surface area contributed by atoms with Crippen molar-refractivity contribution < 1.29 is 25.9 Å². The Labute approximate surface area is 136 Å². The fourth-order valence-corrected chi connectivity index (χ4v) is 2.38. The molecule has 0 aromatic heterocycles. The summed E-state index contributed by atoms with van der Waals surface area (Å²) in [5.74, 6) is 0. The summed E-state index contributed by atoms with van der Waals surface area (Å²) >= 11 is 0. The van der Waals surface area contributed by atoms with Gasteiger partial charge in [0.1, 0.15) is 0 Å². The quantitative estimate of drug-likeness (QED) is 0.697. The molecule has 7 nitrogen and oxygen atoms in total. The zero-order valence-electron chi connectivity index (χ0n) is 12.7. The summed E-state index contributed by atoms with van der Waals surface area (Å²) in [6, 6.07) is 12.0. The minimum absolute atomic E-state index is 0. The van der Waals surface area contributed by atoms with Crippen molar-refractivity contribution in [2.24, 2.45) is 0 Å². The number of hydrogen-bond acceptors (Lipinski definition) is 5. The van der Waals surface area contributed by atoms with Crippen LogP contribution in [0, 0.1) is 13.8 Å². The van der Waals surface area contributed by atoms with Gasteiger partial charge in [-0.15, -0.1) is 0 Å². The van der Waals surface area contributed by atoms with Gasteiger partial charge in [-0.3, -0.25) is 9.11 Å². The Morgan fingerprint density at radius 3 is 1.00 bits per heavy atom. The fraction of sp³-hybridized carbons (Fsp3) is 0.143. The van der Waals surface area contributed by atoms with E-state index in [1.807, 2.05) is 13.8 Å². The Kier molecular flexibility index (Phi) is 7.55. The van der Waals surface area contributed by atoms with Gasteiger partial charge in [-0.05, 0) is 38.1 Å². The highest BCUT2D eigenvalue weighted by atomic mass is 32.2. The lowest BCUT2D eigenvalue weighted by atomic mass is 10.2. The average molecular weight is 361 g/mol. The first-order chi connectivity index (χ1) is 10.00. The molecule has 0 aliphatic carbocycles. The Morgan fingerprint density at radius 1 is 0.609 bits per heavy atom. The van der Waals surface area contributed by atoms with Crippen molar-refractivity contribution in [1.82, 2.24) is 6.15 Å². The van der Waals surface area contributed by atoms with Gasteiger partial charge in [0.15, 0.2) is 0 Å². The van der Waals surface area contributed by atoms with E-state index < -0.39 is 20.2 Å². The van der Waals surface area contributed by atoms with E-state index in [1.165, 1.54) is 24.3 Å². The molecule has 0 saturated carbocycles. The van der Waals surface area contributed by atoms with E-state index in [2.05, 4.69) is 0 Å². The van der Waals surface area contributed by atoms with Crippen LogP contribution in [-0.4, -0.2) is 25.9 Å². The van der Waals surface area contributed by atoms with E-state index in [1.54, 1.807) is 24.3 Å². The van der Waals surface area contributed by atoms with Gasteiger partial charge >= 0.3 is 0 Å². The molecular formula is C14H19NO6S2. The molecule has 2 rings (SSSR count). The third-order valence-electron chi connectivity index (χ3n) is 2.64. The predicted octanol–water partition coefficient (Wildman–Crippen LogP) is 2.65. The lowest BCUT2D eigenvalue weighted by molar-refractivity contribution is 0.481. The van der Waals surface area contributed by atoms with Crippen molar-refractivity contribution in [2.45, 2.75) is 23.6 Å². The van der Waals surface area contributed by atoms with Crippen molar-refractivity contribution in [3.05, 3.63) is 59.7 Å². The van der Waals surface area contributed by atoms with Crippen LogP contribution in [0.4, 0.5) is 0 Å². The monoisotopic (exact) mass is 361 g/mol. The molecule has 0 bridgehead atoms. The molecule has 0 radical (unpaired) electrons. The highest BCUT2D eigenvalue weighted by Crippen LogP contribution is 2.09. The first-order valence-corrected chi connectivity index (χ1v) is 8.96. The van der Waals surface area contributed by atoms with Crippen LogP contribution in [0.2, 0.25) is 0 Å². The average Bonchev–Trinajstić information content (AvgIpc) is 2.38. The van der Waals surface area contributed by atoms with Crippen molar-refractivity contribution in [1.29, 1.82) is 0 Å². The van der Waals surface area contributed by atoms with Crippen molar-refractivity contribution >= 4 is 20.2 Å². The van der Waals surface area contributed by atoms with Crippen LogP contribution in [0.3, 0.4) is 0 Å². The molecule has 0 spiro atoms. The topological polar surface area (TPSA) is 144 Å². The van der Waals surface area contributed by atoms with Crippen molar-refractivity contribution in [2.75, 3.05) is 0 Å². The minimum atomic E-state index is -4.02. The molecule has 23 heavy (non-hydrogen) atoms. The largest absolute Gasteiger partial charge is 0.344 e. The first-order valence-electron chi connectivity index (χ1n) is 6.08. The van der Waals surface area contributed by atoms with Gasteiger partial charge in [0.2, 0.25) is 0 Å². The molecular weight excluding hydrogens is 342 g/mol. The molecule has 0 unspecified atom stereocenters. The van der Waals surface area contributed by atoms with Crippen LogP contribution >= 0.6 is 0 Å². The van der Waals surface area contributed by atoms with E-state index in [4.69, 9.17) is 9.11 Å². The van der Waals surface area contributed by atoms with Crippen LogP contribution in [0.25, 0.3) is 0 Å². The van der Waals surface area contributed by atoms with Gasteiger partial charge < -0.3 is 6.15 Å². The van der Waals surface area contributed by atoms with Gasteiger partial charge in [-0.25, -0.2) is 0 Å². The molecule has 9 heteroatoms. The zero-order valence-corrected chi connectivity index (χ0v) is 14.3. The molecule has 128 valence electrons. The summed E-state index contributed by atoms with van der Waals surface area (Å²) in [6.45, 7) is 3.68. The maximum Gasteiger partial charge on any atom is 0.294 e. The summed E-state index contributed by atoms with van der Waals surface area (Å²) < 4.78 is 59.1. The van der Waals surface area contributed by atoms with Crippen LogP contribution in [0.1, 0.15) is 11.1 Å². The maximum atomic E-state index is 10.5. The SMILES string of the molecule is Cc1ccc(S(=O)(=O)O)cc1.Cc1ccc(S(=O)(=O)O)cc1.N. The van der Waals surface area contributed by atoms with Crippen LogP contribution < -0.4 is 6.15 Å². The Hall–Kier alpha value is -1.78. The van der Waals surface area contributed by atoms with E-state index >= 15 is 0 Å². The van der Waals surface area contributed by atoms with Gasteiger partial charge in [0.25, 0.3) is 20.2 Å². The molecule has 0 heterocycles. The Balaban J connectivity index is 0.000000403. The third-order valence-corrected chi connectivity index (χ3v) is 4.37. The number of aryl methyl sites for hydroxylation is 2. The second-order valence-electron chi connectivity index (χ2n) is 4.58. The standard InChI is InChI=1S/2C7H8O3S.H3N/c2*1-6-2-4-7(5-3-6)11(8,9)10;/h2*2-5H,1H3,(H,8,9,10);1H3. The molecule has 2 aromatic rings. The van der Waals surface area contributed by atoms with Gasteiger partial charge in [0, 0.05) is 0 Å². The summed E-state index contributed by atoms with van der Waals surface area (Å²) in [5.41, 5.74) is 1.91. The molecule has 0 amide bonds. The summed E-state index contributed by atoms with van der Waals surface area (Å²) in [7, 11) is -8.04. The molecule has 0 atom stereocenters. The molecule has 0 aliphatic rings. The highest BCUT2D eigenvalue weighted by molar-refractivity contribution is 7.86. The van der Waals surface area contributed by atoms with Crippen LogP contribution in [0.5, 0.6) is 0 Å². The molecule has 0 fully saturated rings. The fourth-order valence-electron chi connectivity index (χ4n) is 1.42. The van der Waals surface area contributed by atoms with E-state index in [-0.39, 0.29) is 15.9 Å². The van der Waals surface area contributed by atoms with E-state index in [0.29, 0.717) is 0 Å². The number of hydrogen-bond donors (Lipinski definition) is 3. The normalized spacial score (nSPS) is 11.0. The van der Waals surface area contributed by atoms with E-state index in [9.17, 15) is 16.8 Å². The second-order valence-corrected chi connectivity index (χ2v) is 7.42. The van der Waals surface area contributed by atoms with Gasteiger partial charge in [-0.2, -0.15) is 16.8 Å². The van der Waals surface area contributed by atoms with E-state index in [0.717, 1.165) is 11.1 Å². The van der Waals surface area contributed by atoms with Crippen LogP contribution in [-0.2, 0) is 20.2 Å². The van der Waals surface area contributed by atoms with Crippen molar-refractivity contribution in [3.8, 4) is 0 Å². The minimum Gasteiger partial charge on any atom is -0.344 e. The summed E-state index contributed by atoms with van der Waals surface area (Å²) in [4.78, 5) is -0.133. The molecule has 0 saturated heterocycles. The second kappa shape index (κ2) is 8.18. The molecule has 2 aromatic carbocycles. The van der Waals surface area contributed by atoms with Gasteiger partial charge in [-0.1, -0.05) is 35.4 Å².